The average molecular weight is 596 g/mol. The number of aromatic hydroxyl groups is 1. The van der Waals surface area contributed by atoms with Crippen LogP contribution in [-0.2, 0) is 11.2 Å². The first-order valence-electron chi connectivity index (χ1n) is 13.7. The van der Waals surface area contributed by atoms with Crippen LogP contribution in [0.15, 0.2) is 88.3 Å². The summed E-state index contributed by atoms with van der Waals surface area (Å²) in [6.07, 6.45) is 3.87. The van der Waals surface area contributed by atoms with Crippen molar-refractivity contribution in [3.63, 3.8) is 0 Å². The summed E-state index contributed by atoms with van der Waals surface area (Å²) < 4.78 is 12.7. The second kappa shape index (κ2) is 12.1. The summed E-state index contributed by atoms with van der Waals surface area (Å²) in [6, 6.07) is 15.9. The van der Waals surface area contributed by atoms with Gasteiger partial charge >= 0.3 is 0 Å². The zero-order valence-electron chi connectivity index (χ0n) is 24.7. The zero-order valence-corrected chi connectivity index (χ0v) is 25.5. The summed E-state index contributed by atoms with van der Waals surface area (Å²) in [6.45, 7) is 9.49. The van der Waals surface area contributed by atoms with Crippen molar-refractivity contribution in [1.29, 1.82) is 0 Å². The Labute approximate surface area is 253 Å². The van der Waals surface area contributed by atoms with Crippen LogP contribution in [0.3, 0.4) is 0 Å². The van der Waals surface area contributed by atoms with Crippen LogP contribution in [0, 0.1) is 13.8 Å². The molecule has 0 bridgehead atoms. The Morgan fingerprint density at radius 2 is 1.84 bits per heavy atom. The standard InChI is InChI=1S/C34H33N3O5S/c1-7-8-24-16-22(17-27(42-6)31(24)38)18-28-33(40)37-30(23-10-12-25(41-5)13-11-23)29(21(4)35-34(37)43-28)32(39)36-26-14-9-19(2)15-20(26)3/h7,9-18,30,38H,1,8H2,2-6H3,(H,36,39)/b28-18+/t30-/m0/s1. The van der Waals surface area contributed by atoms with Crippen molar-refractivity contribution < 1.29 is 19.4 Å². The normalized spacial score (nSPS) is 14.6. The number of carbonyl (C=O) groups is 1. The first-order valence-corrected chi connectivity index (χ1v) is 14.5. The van der Waals surface area contributed by atoms with Gasteiger partial charge in [-0.15, -0.1) is 6.58 Å². The van der Waals surface area contributed by atoms with Gasteiger partial charge in [-0.1, -0.05) is 47.2 Å². The van der Waals surface area contributed by atoms with E-state index in [4.69, 9.17) is 14.5 Å². The average Bonchev–Trinajstić information content (AvgIpc) is 3.29. The first kappa shape index (κ1) is 29.6. The molecule has 1 aromatic heterocycles. The maximum atomic E-state index is 14.1. The highest BCUT2D eigenvalue weighted by atomic mass is 32.1. The van der Waals surface area contributed by atoms with Gasteiger partial charge in [0.25, 0.3) is 11.5 Å². The highest BCUT2D eigenvalue weighted by molar-refractivity contribution is 7.07. The van der Waals surface area contributed by atoms with E-state index in [0.29, 0.717) is 55.3 Å². The molecule has 0 unspecified atom stereocenters. The largest absolute Gasteiger partial charge is 0.504 e. The smallest absolute Gasteiger partial charge is 0.271 e. The van der Waals surface area contributed by atoms with Gasteiger partial charge in [-0.3, -0.25) is 14.2 Å². The van der Waals surface area contributed by atoms with Gasteiger partial charge in [0.2, 0.25) is 0 Å². The summed E-state index contributed by atoms with van der Waals surface area (Å²) in [7, 11) is 3.07. The number of hydrogen-bond donors (Lipinski definition) is 2. The number of aromatic nitrogens is 1. The molecule has 0 aliphatic carbocycles. The minimum Gasteiger partial charge on any atom is -0.504 e. The predicted molar refractivity (Wildman–Crippen MR) is 170 cm³/mol. The summed E-state index contributed by atoms with van der Waals surface area (Å²) in [5.41, 5.74) is 5.39. The first-order chi connectivity index (χ1) is 20.6. The number of carbonyl (C=O) groups excluding carboxylic acids is 1. The third-order valence-electron chi connectivity index (χ3n) is 7.39. The Kier molecular flexibility index (Phi) is 8.36. The van der Waals surface area contributed by atoms with Gasteiger partial charge in [-0.2, -0.15) is 0 Å². The van der Waals surface area contributed by atoms with E-state index in [0.717, 1.165) is 16.7 Å². The number of fused-ring (bicyclic) bond motifs is 1. The van der Waals surface area contributed by atoms with E-state index < -0.39 is 6.04 Å². The molecule has 2 heterocycles. The van der Waals surface area contributed by atoms with E-state index in [1.807, 2.05) is 56.3 Å². The number of nitrogens with zero attached hydrogens (tertiary/aromatic N) is 2. The number of ether oxygens (including phenoxy) is 2. The summed E-state index contributed by atoms with van der Waals surface area (Å²) >= 11 is 1.24. The van der Waals surface area contributed by atoms with Gasteiger partial charge in [0, 0.05) is 11.3 Å². The van der Waals surface area contributed by atoms with Crippen LogP contribution in [0.2, 0.25) is 0 Å². The van der Waals surface area contributed by atoms with E-state index in [-0.39, 0.29) is 17.2 Å². The maximum absolute atomic E-state index is 14.1. The number of allylic oxidation sites excluding steroid dienone is 2. The molecule has 220 valence electrons. The molecule has 0 saturated heterocycles. The number of methoxy groups -OCH3 is 2. The summed E-state index contributed by atoms with van der Waals surface area (Å²) in [4.78, 5) is 33.2. The van der Waals surface area contributed by atoms with E-state index in [1.54, 1.807) is 42.9 Å². The number of aryl methyl sites for hydroxylation is 2. The number of anilines is 1. The number of phenols is 1. The zero-order chi connectivity index (χ0) is 30.8. The lowest BCUT2D eigenvalue weighted by atomic mass is 9.95. The lowest BCUT2D eigenvalue weighted by Gasteiger charge is -2.25. The fourth-order valence-electron chi connectivity index (χ4n) is 5.25. The fraction of sp³-hybridized carbons (Fsp3) is 0.206. The molecule has 4 aromatic rings. The SMILES string of the molecule is C=CCc1cc(/C=c2/sc3n(c2=O)[C@@H](c2ccc(OC)cc2)C(C(=O)Nc2ccc(C)cc2C)=C(C)N=3)cc(OC)c1O. The number of rotatable bonds is 8. The van der Waals surface area contributed by atoms with Crippen molar-refractivity contribution in [2.24, 2.45) is 4.99 Å². The van der Waals surface area contributed by atoms with E-state index in [2.05, 4.69) is 11.9 Å². The van der Waals surface area contributed by atoms with Gasteiger partial charge in [-0.25, -0.2) is 4.99 Å². The molecular weight excluding hydrogens is 562 g/mol. The van der Waals surface area contributed by atoms with E-state index in [1.165, 1.54) is 18.4 Å². The van der Waals surface area contributed by atoms with Gasteiger partial charge in [0.1, 0.15) is 5.75 Å². The Hall–Kier alpha value is -4.89. The molecular formula is C34H33N3O5S. The Bertz CT molecular complexity index is 1950. The molecule has 1 atom stereocenters. The van der Waals surface area contributed by atoms with Crippen molar-refractivity contribution in [3.05, 3.63) is 126 Å². The topological polar surface area (TPSA) is 102 Å². The van der Waals surface area contributed by atoms with Crippen molar-refractivity contribution in [2.45, 2.75) is 33.2 Å². The Balaban J connectivity index is 1.67. The molecule has 1 amide bonds. The second-order valence-corrected chi connectivity index (χ2v) is 11.4. The molecule has 1 aliphatic heterocycles. The van der Waals surface area contributed by atoms with Crippen LogP contribution in [0.5, 0.6) is 17.2 Å². The number of benzene rings is 3. The van der Waals surface area contributed by atoms with Gasteiger partial charge in [0.05, 0.1) is 36.1 Å². The van der Waals surface area contributed by atoms with Gasteiger partial charge < -0.3 is 19.9 Å². The fourth-order valence-corrected chi connectivity index (χ4v) is 6.29. The predicted octanol–water partition coefficient (Wildman–Crippen LogP) is 4.94. The van der Waals surface area contributed by atoms with Crippen LogP contribution in [0.4, 0.5) is 5.69 Å². The third kappa shape index (κ3) is 5.76. The van der Waals surface area contributed by atoms with Crippen LogP contribution < -0.4 is 29.7 Å². The maximum Gasteiger partial charge on any atom is 0.271 e. The van der Waals surface area contributed by atoms with Crippen molar-refractivity contribution in [3.8, 4) is 17.2 Å². The number of phenolic OH excluding ortho intramolecular Hbond substituents is 1. The number of nitrogens with one attached hydrogen (secondary N) is 1. The molecule has 9 heteroatoms. The second-order valence-electron chi connectivity index (χ2n) is 10.4. The quantitative estimate of drug-likeness (QED) is 0.281. The number of amides is 1. The lowest BCUT2D eigenvalue weighted by Crippen LogP contribution is -2.40. The molecule has 2 N–H and O–H groups in total. The molecule has 0 fully saturated rings. The summed E-state index contributed by atoms with van der Waals surface area (Å²) in [5, 5.41) is 13.6. The molecule has 43 heavy (non-hydrogen) atoms. The molecule has 3 aromatic carbocycles. The highest BCUT2D eigenvalue weighted by Crippen LogP contribution is 2.33. The van der Waals surface area contributed by atoms with Crippen molar-refractivity contribution >= 4 is 29.0 Å². The molecule has 0 spiro atoms. The van der Waals surface area contributed by atoms with Crippen LogP contribution >= 0.6 is 11.3 Å². The molecule has 0 radical (unpaired) electrons. The highest BCUT2D eigenvalue weighted by Gasteiger charge is 2.32. The number of thiazole rings is 1. The minimum atomic E-state index is -0.722. The van der Waals surface area contributed by atoms with Crippen LogP contribution in [-0.4, -0.2) is 29.8 Å². The summed E-state index contributed by atoms with van der Waals surface area (Å²) in [5.74, 6) is 0.668. The van der Waals surface area contributed by atoms with E-state index >= 15 is 0 Å². The third-order valence-corrected chi connectivity index (χ3v) is 8.37. The Morgan fingerprint density at radius 1 is 1.09 bits per heavy atom. The van der Waals surface area contributed by atoms with Gasteiger partial charge in [0.15, 0.2) is 16.3 Å². The number of hydrogen-bond acceptors (Lipinski definition) is 7. The van der Waals surface area contributed by atoms with Crippen LogP contribution in [0.1, 0.15) is 40.8 Å². The van der Waals surface area contributed by atoms with Crippen molar-refractivity contribution in [1.82, 2.24) is 4.57 Å². The Morgan fingerprint density at radius 3 is 2.49 bits per heavy atom. The molecule has 1 aliphatic rings. The van der Waals surface area contributed by atoms with Gasteiger partial charge in [-0.05, 0) is 80.3 Å². The van der Waals surface area contributed by atoms with E-state index in [9.17, 15) is 14.7 Å². The van der Waals surface area contributed by atoms with Crippen molar-refractivity contribution in [2.75, 3.05) is 19.5 Å². The van der Waals surface area contributed by atoms with Crippen LogP contribution in [0.25, 0.3) is 6.08 Å². The molecule has 0 saturated carbocycles. The lowest BCUT2D eigenvalue weighted by molar-refractivity contribution is -0.113. The monoisotopic (exact) mass is 595 g/mol. The molecule has 5 rings (SSSR count). The minimum absolute atomic E-state index is 0.0376. The molecule has 8 nitrogen and oxygen atoms in total.